The number of pyridine rings is 1. The van der Waals surface area contributed by atoms with Gasteiger partial charge in [-0.25, -0.2) is 0 Å². The molecule has 2 aromatic carbocycles. The Kier molecular flexibility index (Phi) is 6.38. The molecule has 1 aliphatic rings. The second-order valence-corrected chi connectivity index (χ2v) is 9.33. The predicted molar refractivity (Wildman–Crippen MR) is 149 cm³/mol. The Bertz CT molecular complexity index is 1610. The fraction of sp³-hybridized carbons (Fsp3) is 0.133. The molecule has 0 aliphatic carbocycles. The average molecular weight is 507 g/mol. The molecule has 0 atom stereocenters. The molecule has 0 spiro atoms. The first-order chi connectivity index (χ1) is 18.3. The van der Waals surface area contributed by atoms with Gasteiger partial charge in [-0.1, -0.05) is 24.3 Å². The third kappa shape index (κ3) is 4.37. The van der Waals surface area contributed by atoms with Gasteiger partial charge in [0.15, 0.2) is 5.78 Å². The van der Waals surface area contributed by atoms with E-state index >= 15 is 0 Å². The summed E-state index contributed by atoms with van der Waals surface area (Å²) in [7, 11) is 3.96. The minimum Gasteiger partial charge on any atom is -0.378 e. The normalized spacial score (nSPS) is 12.8. The molecule has 0 saturated heterocycles. The van der Waals surface area contributed by atoms with Crippen molar-refractivity contribution in [2.75, 3.05) is 25.5 Å². The number of ketones is 1. The van der Waals surface area contributed by atoms with E-state index in [1.807, 2.05) is 53.7 Å². The van der Waals surface area contributed by atoms with Crippen LogP contribution in [0.3, 0.4) is 0 Å². The van der Waals surface area contributed by atoms with E-state index in [1.54, 1.807) is 41.4 Å². The van der Waals surface area contributed by atoms with Crippen LogP contribution in [0.4, 0.5) is 11.4 Å². The number of benzene rings is 2. The summed E-state index contributed by atoms with van der Waals surface area (Å²) in [4.78, 5) is 40.5. The van der Waals surface area contributed by atoms with Crippen LogP contribution in [0.15, 0.2) is 85.6 Å². The molecule has 3 heterocycles. The molecule has 8 heteroatoms. The number of allylic oxidation sites excluding steroid dienone is 1. The Hall–Kier alpha value is -4.98. The average Bonchev–Trinajstić information content (AvgIpc) is 3.40. The molecular weight excluding hydrogens is 480 g/mol. The summed E-state index contributed by atoms with van der Waals surface area (Å²) in [5, 5.41) is 10.9. The van der Waals surface area contributed by atoms with Crippen molar-refractivity contribution in [1.82, 2.24) is 9.30 Å². The summed E-state index contributed by atoms with van der Waals surface area (Å²) in [6.07, 6.45) is 6.57. The van der Waals surface area contributed by atoms with Gasteiger partial charge in [-0.15, -0.1) is 6.58 Å². The number of amides is 1. The summed E-state index contributed by atoms with van der Waals surface area (Å²) >= 11 is 0. The van der Waals surface area contributed by atoms with Crippen LogP contribution in [0, 0.1) is 10.1 Å². The zero-order valence-corrected chi connectivity index (χ0v) is 21.1. The number of nitro groups is 1. The fourth-order valence-corrected chi connectivity index (χ4v) is 4.78. The smallest absolute Gasteiger partial charge is 0.271 e. The Morgan fingerprint density at radius 3 is 2.45 bits per heavy atom. The molecule has 38 heavy (non-hydrogen) atoms. The van der Waals surface area contributed by atoms with Crippen molar-refractivity contribution in [3.8, 4) is 11.1 Å². The van der Waals surface area contributed by atoms with E-state index in [-0.39, 0.29) is 17.4 Å². The Morgan fingerprint density at radius 2 is 1.82 bits per heavy atom. The number of nitrogens with zero attached hydrogens (tertiary/aromatic N) is 4. The third-order valence-corrected chi connectivity index (χ3v) is 6.72. The van der Waals surface area contributed by atoms with Crippen LogP contribution in [0.2, 0.25) is 0 Å². The molecule has 8 nitrogen and oxygen atoms in total. The molecule has 2 aromatic heterocycles. The lowest BCUT2D eigenvalue weighted by Gasteiger charge is -2.16. The van der Waals surface area contributed by atoms with Crippen LogP contribution in [-0.2, 0) is 6.54 Å². The molecule has 1 aliphatic heterocycles. The highest BCUT2D eigenvalue weighted by Gasteiger charge is 2.34. The lowest BCUT2D eigenvalue weighted by Crippen LogP contribution is -2.25. The van der Waals surface area contributed by atoms with Gasteiger partial charge in [0.05, 0.1) is 10.4 Å². The zero-order valence-electron chi connectivity index (χ0n) is 21.1. The number of anilines is 1. The van der Waals surface area contributed by atoms with Crippen molar-refractivity contribution in [3.63, 3.8) is 0 Å². The first kappa shape index (κ1) is 24.7. The van der Waals surface area contributed by atoms with Gasteiger partial charge in [0.1, 0.15) is 5.69 Å². The molecule has 0 bridgehead atoms. The summed E-state index contributed by atoms with van der Waals surface area (Å²) in [5.74, 6) is -0.274. The van der Waals surface area contributed by atoms with E-state index in [9.17, 15) is 19.7 Å². The van der Waals surface area contributed by atoms with Crippen LogP contribution in [0.5, 0.6) is 0 Å². The SMILES string of the molecule is C=CCN1Cc2c(-c3ccc(N(C)C)cc3)c3cc(C(=O)/C=C/c4ccc([N+](=O)[O-])cc4)ccn3c2C1=O. The number of aromatic nitrogens is 1. The first-order valence-corrected chi connectivity index (χ1v) is 12.1. The molecule has 0 N–H and O–H groups in total. The van der Waals surface area contributed by atoms with Crippen LogP contribution in [0.1, 0.15) is 32.0 Å². The van der Waals surface area contributed by atoms with Crippen molar-refractivity contribution < 1.29 is 14.5 Å². The highest BCUT2D eigenvalue weighted by molar-refractivity contribution is 6.09. The number of rotatable bonds is 8. The van der Waals surface area contributed by atoms with Gasteiger partial charge in [0.25, 0.3) is 11.6 Å². The molecule has 0 saturated carbocycles. The molecule has 0 unspecified atom stereocenters. The molecule has 190 valence electrons. The number of nitro benzene ring substituents is 1. The van der Waals surface area contributed by atoms with Crippen molar-refractivity contribution in [3.05, 3.63) is 118 Å². The molecule has 0 radical (unpaired) electrons. The standard InChI is InChI=1S/C30H26N4O4/c1-4-16-32-19-25-28(21-8-12-23(13-9-21)31(2)3)26-18-22(15-17-33(26)29(25)30(32)36)27(35)14-7-20-5-10-24(11-6-20)34(37)38/h4-15,17-18H,1,16,19H2,2-3H3/b14-7+. The summed E-state index contributed by atoms with van der Waals surface area (Å²) in [6, 6.07) is 17.7. The number of hydrogen-bond acceptors (Lipinski definition) is 5. The third-order valence-electron chi connectivity index (χ3n) is 6.72. The van der Waals surface area contributed by atoms with Gasteiger partial charge in [0, 0.05) is 67.9 Å². The maximum atomic E-state index is 13.3. The zero-order chi connectivity index (χ0) is 27.0. The van der Waals surface area contributed by atoms with E-state index in [0.29, 0.717) is 29.9 Å². The summed E-state index contributed by atoms with van der Waals surface area (Å²) < 4.78 is 1.87. The van der Waals surface area contributed by atoms with E-state index < -0.39 is 4.92 Å². The lowest BCUT2D eigenvalue weighted by molar-refractivity contribution is -0.384. The predicted octanol–water partition coefficient (Wildman–Crippen LogP) is 5.62. The first-order valence-electron chi connectivity index (χ1n) is 12.1. The molecule has 0 fully saturated rings. The quantitative estimate of drug-likeness (QED) is 0.102. The Balaban J connectivity index is 1.56. The van der Waals surface area contributed by atoms with Gasteiger partial charge in [-0.05, 0) is 53.6 Å². The Morgan fingerprint density at radius 1 is 1.11 bits per heavy atom. The molecule has 4 aromatic rings. The second kappa shape index (κ2) is 9.82. The van der Waals surface area contributed by atoms with Gasteiger partial charge in [-0.2, -0.15) is 0 Å². The minimum absolute atomic E-state index is 0.00689. The summed E-state index contributed by atoms with van der Waals surface area (Å²) in [6.45, 7) is 4.70. The number of fused-ring (bicyclic) bond motifs is 3. The Labute approximate surface area is 219 Å². The molecule has 1 amide bonds. The maximum Gasteiger partial charge on any atom is 0.271 e. The van der Waals surface area contributed by atoms with E-state index in [4.69, 9.17) is 0 Å². The minimum atomic E-state index is -0.463. The summed E-state index contributed by atoms with van der Waals surface area (Å²) in [5.41, 5.74) is 6.43. The van der Waals surface area contributed by atoms with Crippen molar-refractivity contribution >= 4 is 34.7 Å². The highest BCUT2D eigenvalue weighted by Crippen LogP contribution is 2.39. The van der Waals surface area contributed by atoms with Crippen LogP contribution < -0.4 is 4.90 Å². The van der Waals surface area contributed by atoms with Crippen molar-refractivity contribution in [2.45, 2.75) is 6.54 Å². The van der Waals surface area contributed by atoms with Crippen LogP contribution in [-0.4, -0.2) is 46.6 Å². The van der Waals surface area contributed by atoms with E-state index in [1.165, 1.54) is 18.2 Å². The number of carbonyl (C=O) groups is 2. The van der Waals surface area contributed by atoms with E-state index in [0.717, 1.165) is 27.9 Å². The van der Waals surface area contributed by atoms with Gasteiger partial charge in [-0.3, -0.25) is 19.7 Å². The van der Waals surface area contributed by atoms with E-state index in [2.05, 4.69) is 6.58 Å². The largest absolute Gasteiger partial charge is 0.378 e. The van der Waals surface area contributed by atoms with Crippen molar-refractivity contribution in [1.29, 1.82) is 0 Å². The topological polar surface area (TPSA) is 88.2 Å². The lowest BCUT2D eigenvalue weighted by atomic mass is 10.00. The maximum absolute atomic E-state index is 13.3. The van der Waals surface area contributed by atoms with Gasteiger partial charge >= 0.3 is 0 Å². The van der Waals surface area contributed by atoms with Gasteiger partial charge < -0.3 is 14.2 Å². The van der Waals surface area contributed by atoms with Crippen molar-refractivity contribution in [2.24, 2.45) is 0 Å². The number of hydrogen-bond donors (Lipinski definition) is 0. The highest BCUT2D eigenvalue weighted by atomic mass is 16.6. The molecule has 5 rings (SSSR count). The fourth-order valence-electron chi connectivity index (χ4n) is 4.78. The molecular formula is C30H26N4O4. The number of carbonyl (C=O) groups excluding carboxylic acids is 2. The monoisotopic (exact) mass is 506 g/mol. The number of non-ortho nitro benzene ring substituents is 1. The van der Waals surface area contributed by atoms with Crippen LogP contribution >= 0.6 is 0 Å². The van der Waals surface area contributed by atoms with Crippen LogP contribution in [0.25, 0.3) is 22.7 Å². The van der Waals surface area contributed by atoms with Gasteiger partial charge in [0.2, 0.25) is 0 Å². The second-order valence-electron chi connectivity index (χ2n) is 9.33.